The Balaban J connectivity index is 1.32. The summed E-state index contributed by atoms with van der Waals surface area (Å²) < 4.78 is 0. The van der Waals surface area contributed by atoms with Gasteiger partial charge in [-0.25, -0.2) is 0 Å². The van der Waals surface area contributed by atoms with Crippen molar-refractivity contribution in [3.63, 3.8) is 0 Å². The van der Waals surface area contributed by atoms with Gasteiger partial charge in [0.2, 0.25) is 5.91 Å². The molecule has 0 saturated carbocycles. The Morgan fingerprint density at radius 1 is 0.971 bits per heavy atom. The second-order valence-electron chi connectivity index (χ2n) is 9.31. The van der Waals surface area contributed by atoms with Gasteiger partial charge in [0, 0.05) is 35.4 Å². The number of aromatic nitrogens is 1. The number of nitrogens with one attached hydrogen (secondary N) is 1. The zero-order chi connectivity index (χ0) is 24.2. The zero-order valence-corrected chi connectivity index (χ0v) is 20.2. The average molecular weight is 466 g/mol. The molecule has 178 valence electrons. The molecule has 0 fully saturated rings. The molecule has 5 nitrogen and oxygen atoms in total. The van der Waals surface area contributed by atoms with E-state index in [0.717, 1.165) is 72.3 Å². The summed E-state index contributed by atoms with van der Waals surface area (Å²) in [6, 6.07) is 20.1. The number of hydrogen-bond donors (Lipinski definition) is 1. The van der Waals surface area contributed by atoms with Gasteiger partial charge in [0.05, 0.1) is 6.42 Å². The number of hydrogen-bond acceptors (Lipinski definition) is 3. The molecule has 2 amide bonds. The third kappa shape index (κ3) is 5.04. The van der Waals surface area contributed by atoms with Crippen molar-refractivity contribution >= 4 is 28.8 Å². The van der Waals surface area contributed by atoms with Crippen molar-refractivity contribution < 1.29 is 9.59 Å². The number of pyridine rings is 1. The first-order valence-electron chi connectivity index (χ1n) is 12.6. The van der Waals surface area contributed by atoms with E-state index in [9.17, 15) is 9.59 Å². The van der Waals surface area contributed by atoms with Crippen LogP contribution in [0, 0.1) is 0 Å². The summed E-state index contributed by atoms with van der Waals surface area (Å²) in [5.41, 5.74) is 8.10. The highest BCUT2D eigenvalue weighted by atomic mass is 16.2. The van der Waals surface area contributed by atoms with Crippen LogP contribution in [0.15, 0.2) is 72.4 Å². The van der Waals surface area contributed by atoms with Gasteiger partial charge in [-0.2, -0.15) is 0 Å². The van der Waals surface area contributed by atoms with E-state index in [1.807, 2.05) is 41.3 Å². The molecule has 1 aliphatic heterocycles. The van der Waals surface area contributed by atoms with E-state index < -0.39 is 0 Å². The van der Waals surface area contributed by atoms with Crippen molar-refractivity contribution in [2.24, 2.45) is 0 Å². The average Bonchev–Trinajstić information content (AvgIpc) is 3.33. The lowest BCUT2D eigenvalue weighted by molar-refractivity contribution is -0.118. The van der Waals surface area contributed by atoms with Crippen LogP contribution in [0.4, 0.5) is 11.4 Å². The van der Waals surface area contributed by atoms with E-state index in [0.29, 0.717) is 6.54 Å². The first-order chi connectivity index (χ1) is 17.1. The van der Waals surface area contributed by atoms with E-state index in [2.05, 4.69) is 41.5 Å². The van der Waals surface area contributed by atoms with E-state index in [1.165, 1.54) is 11.1 Å². The summed E-state index contributed by atoms with van der Waals surface area (Å²) in [4.78, 5) is 32.3. The lowest BCUT2D eigenvalue weighted by Crippen LogP contribution is -2.30. The fourth-order valence-electron chi connectivity index (χ4n) is 5.11. The number of allylic oxidation sites excluding steroid dienone is 1. The van der Waals surface area contributed by atoms with Crippen LogP contribution in [-0.2, 0) is 28.9 Å². The van der Waals surface area contributed by atoms with Crippen molar-refractivity contribution in [2.75, 3.05) is 16.8 Å². The molecule has 3 aromatic rings. The lowest BCUT2D eigenvalue weighted by atomic mass is 9.86. The Labute approximate surface area is 206 Å². The van der Waals surface area contributed by atoms with Crippen LogP contribution in [0.3, 0.4) is 0 Å². The summed E-state index contributed by atoms with van der Waals surface area (Å²) in [6.07, 6.45) is 7.68. The number of nitrogens with zero attached hydrogens (tertiary/aromatic N) is 2. The summed E-state index contributed by atoms with van der Waals surface area (Å²) in [7, 11) is 0. The predicted octanol–water partition coefficient (Wildman–Crippen LogP) is 5.74. The quantitative estimate of drug-likeness (QED) is 0.505. The number of aryl methyl sites for hydroxylation is 1. The van der Waals surface area contributed by atoms with Crippen molar-refractivity contribution in [3.05, 3.63) is 94.8 Å². The lowest BCUT2D eigenvalue weighted by Gasteiger charge is -2.21. The Hall–Kier alpha value is -3.73. The van der Waals surface area contributed by atoms with Gasteiger partial charge < -0.3 is 10.2 Å². The molecule has 1 N–H and O–H groups in total. The molecule has 1 aromatic heterocycles. The third-order valence-electron chi connectivity index (χ3n) is 7.05. The standard InChI is InChI=1S/C30H31N3O2/c1-2-21-10-12-22(13-11-21)26-8-3-4-9-27(26)30(35)32-25-14-15-28-23(19-25)16-18-33(28)29(34)20-24-7-5-6-17-31-24/h5-7,10-15,17,19H,2-4,8-9,16,18,20H2,1H3,(H,32,35). The minimum atomic E-state index is -0.0136. The highest BCUT2D eigenvalue weighted by Crippen LogP contribution is 2.35. The minimum absolute atomic E-state index is 0.0136. The van der Waals surface area contributed by atoms with Gasteiger partial charge in [0.1, 0.15) is 0 Å². The first kappa shape index (κ1) is 23.0. The molecule has 2 aliphatic rings. The van der Waals surface area contributed by atoms with Gasteiger partial charge in [-0.3, -0.25) is 14.6 Å². The fraction of sp³-hybridized carbons (Fsp3) is 0.300. The Morgan fingerprint density at radius 3 is 2.57 bits per heavy atom. The van der Waals surface area contributed by atoms with Gasteiger partial charge in [0.15, 0.2) is 0 Å². The van der Waals surface area contributed by atoms with Crippen LogP contribution in [-0.4, -0.2) is 23.3 Å². The molecule has 2 aromatic carbocycles. The molecule has 0 unspecified atom stereocenters. The fourth-order valence-corrected chi connectivity index (χ4v) is 5.11. The number of anilines is 2. The van der Waals surface area contributed by atoms with Crippen LogP contribution >= 0.6 is 0 Å². The van der Waals surface area contributed by atoms with Gasteiger partial charge >= 0.3 is 0 Å². The highest BCUT2D eigenvalue weighted by molar-refractivity contribution is 6.09. The van der Waals surface area contributed by atoms with Crippen LogP contribution in [0.5, 0.6) is 0 Å². The number of benzene rings is 2. The molecule has 1 aliphatic carbocycles. The molecule has 0 spiro atoms. The Bertz CT molecular complexity index is 1260. The van der Waals surface area contributed by atoms with Crippen molar-refractivity contribution in [1.29, 1.82) is 0 Å². The second kappa shape index (κ2) is 10.3. The predicted molar refractivity (Wildman–Crippen MR) is 140 cm³/mol. The number of amides is 2. The minimum Gasteiger partial charge on any atom is -0.322 e. The maximum Gasteiger partial charge on any atom is 0.251 e. The summed E-state index contributed by atoms with van der Waals surface area (Å²) in [6.45, 7) is 2.81. The molecule has 0 saturated heterocycles. The van der Waals surface area contributed by atoms with E-state index in [1.54, 1.807) is 6.20 Å². The van der Waals surface area contributed by atoms with Crippen molar-refractivity contribution in [1.82, 2.24) is 4.98 Å². The van der Waals surface area contributed by atoms with Gasteiger partial charge in [-0.15, -0.1) is 0 Å². The molecule has 35 heavy (non-hydrogen) atoms. The van der Waals surface area contributed by atoms with E-state index in [-0.39, 0.29) is 18.2 Å². The monoisotopic (exact) mass is 465 g/mol. The second-order valence-corrected chi connectivity index (χ2v) is 9.31. The summed E-state index contributed by atoms with van der Waals surface area (Å²) >= 11 is 0. The van der Waals surface area contributed by atoms with Gasteiger partial charge in [0.25, 0.3) is 5.91 Å². The molecule has 0 radical (unpaired) electrons. The molecular weight excluding hydrogens is 434 g/mol. The van der Waals surface area contributed by atoms with Crippen LogP contribution in [0.25, 0.3) is 5.57 Å². The van der Waals surface area contributed by atoms with Gasteiger partial charge in [-0.1, -0.05) is 37.3 Å². The summed E-state index contributed by atoms with van der Waals surface area (Å²) in [5.74, 6) is 0.0330. The maximum absolute atomic E-state index is 13.3. The molecule has 0 atom stereocenters. The highest BCUT2D eigenvalue weighted by Gasteiger charge is 2.26. The largest absolute Gasteiger partial charge is 0.322 e. The van der Waals surface area contributed by atoms with Gasteiger partial charge in [-0.05, 0) is 91.1 Å². The topological polar surface area (TPSA) is 62.3 Å². The zero-order valence-electron chi connectivity index (χ0n) is 20.2. The van der Waals surface area contributed by atoms with Crippen LogP contribution in [0.1, 0.15) is 55.0 Å². The molecule has 2 heterocycles. The SMILES string of the molecule is CCc1ccc(C2=C(C(=O)Nc3ccc4c(c3)CCN4C(=O)Cc3ccccn3)CCCC2)cc1. The Kier molecular flexibility index (Phi) is 6.75. The van der Waals surface area contributed by atoms with Crippen molar-refractivity contribution in [3.8, 4) is 0 Å². The first-order valence-corrected chi connectivity index (χ1v) is 12.6. The van der Waals surface area contributed by atoms with Crippen LogP contribution in [0.2, 0.25) is 0 Å². The molecule has 0 bridgehead atoms. The third-order valence-corrected chi connectivity index (χ3v) is 7.05. The Morgan fingerprint density at radius 2 is 1.80 bits per heavy atom. The van der Waals surface area contributed by atoms with Crippen LogP contribution < -0.4 is 10.2 Å². The number of rotatable bonds is 6. The number of carbonyl (C=O) groups is 2. The number of carbonyl (C=O) groups excluding carboxylic acids is 2. The molecular formula is C30H31N3O2. The van der Waals surface area contributed by atoms with E-state index in [4.69, 9.17) is 0 Å². The normalized spacial score (nSPS) is 15.2. The molecule has 5 rings (SSSR count). The number of fused-ring (bicyclic) bond motifs is 1. The molecule has 5 heteroatoms. The van der Waals surface area contributed by atoms with Crippen molar-refractivity contribution in [2.45, 2.75) is 51.9 Å². The van der Waals surface area contributed by atoms with E-state index >= 15 is 0 Å². The summed E-state index contributed by atoms with van der Waals surface area (Å²) in [5, 5.41) is 3.14. The maximum atomic E-state index is 13.3. The smallest absolute Gasteiger partial charge is 0.251 e.